The normalized spacial score (nSPS) is 20.3. The second-order valence-corrected chi connectivity index (χ2v) is 9.69. The van der Waals surface area contributed by atoms with E-state index in [1.165, 1.54) is 37.7 Å². The number of allylic oxidation sites excluding steroid dienone is 2. The van der Waals surface area contributed by atoms with E-state index in [9.17, 15) is 14.0 Å². The highest BCUT2D eigenvalue weighted by Crippen LogP contribution is 2.41. The molecule has 1 aromatic carbocycles. The minimum atomic E-state index is -0.733. The van der Waals surface area contributed by atoms with Crippen LogP contribution in [0.2, 0.25) is 0 Å². The van der Waals surface area contributed by atoms with Crippen molar-refractivity contribution in [3.63, 3.8) is 0 Å². The number of rotatable bonds is 5. The van der Waals surface area contributed by atoms with Gasteiger partial charge in [0.1, 0.15) is 11.9 Å². The molecule has 0 radical (unpaired) electrons. The molecular weight excluding hydrogens is 525 g/mol. The van der Waals surface area contributed by atoms with Crippen molar-refractivity contribution in [2.45, 2.75) is 32.2 Å². The molecular formula is C24H23BrFN3O4S. The van der Waals surface area contributed by atoms with Crippen LogP contribution in [-0.4, -0.2) is 37.0 Å². The highest BCUT2D eigenvalue weighted by Gasteiger charge is 2.37. The smallest absolute Gasteiger partial charge is 0.338 e. The van der Waals surface area contributed by atoms with Gasteiger partial charge in [0.25, 0.3) is 0 Å². The van der Waals surface area contributed by atoms with Crippen LogP contribution in [0.4, 0.5) is 4.39 Å². The van der Waals surface area contributed by atoms with Gasteiger partial charge in [-0.25, -0.2) is 19.0 Å². The zero-order valence-electron chi connectivity index (χ0n) is 18.9. The van der Waals surface area contributed by atoms with Gasteiger partial charge in [0.2, 0.25) is 0 Å². The molecule has 1 aliphatic heterocycles. The van der Waals surface area contributed by atoms with Crippen molar-refractivity contribution in [3.8, 4) is 0 Å². The number of esters is 2. The lowest BCUT2D eigenvalue weighted by molar-refractivity contribution is -0.137. The van der Waals surface area contributed by atoms with Gasteiger partial charge in [-0.3, -0.25) is 4.99 Å². The molecule has 0 amide bonds. The highest BCUT2D eigenvalue weighted by atomic mass is 79.9. The number of hydrogen-bond donors (Lipinski definition) is 1. The number of ether oxygens (including phenoxy) is 2. The van der Waals surface area contributed by atoms with E-state index in [1.807, 2.05) is 18.4 Å². The maximum atomic E-state index is 13.8. The van der Waals surface area contributed by atoms with Gasteiger partial charge >= 0.3 is 11.9 Å². The topological polar surface area (TPSA) is 89.9 Å². The van der Waals surface area contributed by atoms with Gasteiger partial charge in [0.15, 0.2) is 10.8 Å². The number of hydrogen-bond acceptors (Lipinski definition) is 8. The Bertz CT molecular complexity index is 1240. The lowest BCUT2D eigenvalue weighted by Gasteiger charge is -2.32. The van der Waals surface area contributed by atoms with Crippen LogP contribution in [0.15, 0.2) is 56.0 Å². The summed E-state index contributed by atoms with van der Waals surface area (Å²) in [5.74, 6) is -0.822. The second kappa shape index (κ2) is 10.2. The van der Waals surface area contributed by atoms with E-state index in [-0.39, 0.29) is 11.9 Å². The first-order valence-corrected chi connectivity index (χ1v) is 12.3. The monoisotopic (exact) mass is 547 g/mol. The highest BCUT2D eigenvalue weighted by molar-refractivity contribution is 9.10. The third kappa shape index (κ3) is 4.83. The molecule has 2 aliphatic rings. The number of carbonyl (C=O) groups excluding carboxylic acids is 2. The summed E-state index contributed by atoms with van der Waals surface area (Å²) in [6.07, 6.45) is 3.54. The summed E-state index contributed by atoms with van der Waals surface area (Å²) >= 11 is 4.87. The summed E-state index contributed by atoms with van der Waals surface area (Å²) < 4.78 is 24.3. The number of amidine groups is 1. The molecule has 178 valence electrons. The van der Waals surface area contributed by atoms with Crippen LogP contribution in [0.3, 0.4) is 0 Å². The Morgan fingerprint density at radius 1 is 1.24 bits per heavy atom. The number of thiazole rings is 1. The third-order valence-electron chi connectivity index (χ3n) is 5.83. The largest absolute Gasteiger partial charge is 0.466 e. The van der Waals surface area contributed by atoms with Crippen molar-refractivity contribution in [2.24, 2.45) is 10.9 Å². The average Bonchev–Trinajstić information content (AvgIpc) is 3.28. The lowest BCUT2D eigenvalue weighted by Crippen LogP contribution is -2.37. The van der Waals surface area contributed by atoms with Crippen molar-refractivity contribution in [2.75, 3.05) is 14.2 Å². The molecule has 1 N–H and O–H groups in total. The molecule has 1 aromatic heterocycles. The Hall–Kier alpha value is -2.85. The first-order valence-electron chi connectivity index (χ1n) is 10.6. The van der Waals surface area contributed by atoms with Crippen LogP contribution in [-0.2, 0) is 19.1 Å². The zero-order chi connectivity index (χ0) is 24.4. The summed E-state index contributed by atoms with van der Waals surface area (Å²) in [6, 6.07) is 3.57. The molecule has 2 heterocycles. The Morgan fingerprint density at radius 2 is 2.00 bits per heavy atom. The summed E-state index contributed by atoms with van der Waals surface area (Å²) in [5, 5.41) is 5.96. The summed E-state index contributed by atoms with van der Waals surface area (Å²) in [7, 11) is 2.68. The SMILES string of the molecule is COC(=O)C1=CC[C@H](C2=C(C(=O)OC)C(c3ccc(F)cc3Br)N=C(c3nc(C)cs3)N2)CC1. The lowest BCUT2D eigenvalue weighted by atomic mass is 9.82. The zero-order valence-corrected chi connectivity index (χ0v) is 21.3. The fraction of sp³-hybridized carbons (Fsp3) is 0.333. The summed E-state index contributed by atoms with van der Waals surface area (Å²) in [6.45, 7) is 1.90. The molecule has 0 saturated carbocycles. The number of halogens is 2. The van der Waals surface area contributed by atoms with Gasteiger partial charge in [0, 0.05) is 32.7 Å². The predicted octanol–water partition coefficient (Wildman–Crippen LogP) is 4.77. The Kier molecular flexibility index (Phi) is 7.27. The summed E-state index contributed by atoms with van der Waals surface area (Å²) in [5.41, 5.74) is 3.14. The van der Waals surface area contributed by atoms with Gasteiger partial charge < -0.3 is 14.8 Å². The molecule has 1 aliphatic carbocycles. The quantitative estimate of drug-likeness (QED) is 0.542. The van der Waals surface area contributed by atoms with Crippen molar-refractivity contribution < 1.29 is 23.5 Å². The van der Waals surface area contributed by atoms with Crippen molar-refractivity contribution in [3.05, 3.63) is 73.1 Å². The number of carbonyl (C=O) groups is 2. The number of benzene rings is 1. The van der Waals surface area contributed by atoms with Crippen LogP contribution in [0.25, 0.3) is 0 Å². The van der Waals surface area contributed by atoms with Gasteiger partial charge in [-0.15, -0.1) is 11.3 Å². The molecule has 0 spiro atoms. The van der Waals surface area contributed by atoms with Gasteiger partial charge in [-0.2, -0.15) is 0 Å². The van der Waals surface area contributed by atoms with Crippen LogP contribution < -0.4 is 5.32 Å². The number of aryl methyl sites for hydroxylation is 1. The van der Waals surface area contributed by atoms with Gasteiger partial charge in [0.05, 0.1) is 19.8 Å². The first kappa shape index (κ1) is 24.3. The maximum Gasteiger partial charge on any atom is 0.338 e. The molecule has 1 unspecified atom stereocenters. The van der Waals surface area contributed by atoms with Crippen LogP contribution >= 0.6 is 27.3 Å². The fourth-order valence-electron chi connectivity index (χ4n) is 4.15. The minimum absolute atomic E-state index is 0.0872. The molecule has 0 fully saturated rings. The van der Waals surface area contributed by atoms with E-state index in [1.54, 1.807) is 6.07 Å². The van der Waals surface area contributed by atoms with E-state index < -0.39 is 17.8 Å². The van der Waals surface area contributed by atoms with E-state index >= 15 is 0 Å². The Labute approximate surface area is 208 Å². The van der Waals surface area contributed by atoms with E-state index in [2.05, 4.69) is 26.2 Å². The number of methoxy groups -OCH3 is 2. The fourth-order valence-corrected chi connectivity index (χ4v) is 5.47. The predicted molar refractivity (Wildman–Crippen MR) is 130 cm³/mol. The van der Waals surface area contributed by atoms with E-state index in [0.717, 1.165) is 5.69 Å². The molecule has 0 bridgehead atoms. The standard InChI is InChI=1S/C24H23BrFN3O4S/c1-12-11-34-22(27-12)21-28-19(13-4-6-14(7-5-13)23(30)32-2)18(24(31)33-3)20(29-21)16-9-8-15(26)10-17(16)25/h6,8-11,13,20H,4-5,7H2,1-3H3,(H,28,29)/t13-,20?/m0/s1. The number of nitrogens with one attached hydrogen (secondary N) is 1. The van der Waals surface area contributed by atoms with Crippen molar-refractivity contribution >= 4 is 45.0 Å². The average molecular weight is 548 g/mol. The second-order valence-electron chi connectivity index (χ2n) is 7.98. The number of nitrogens with zero attached hydrogens (tertiary/aromatic N) is 2. The number of aromatic nitrogens is 1. The molecule has 2 aromatic rings. The van der Waals surface area contributed by atoms with Crippen LogP contribution in [0.5, 0.6) is 0 Å². The molecule has 10 heteroatoms. The van der Waals surface area contributed by atoms with Crippen LogP contribution in [0.1, 0.15) is 41.6 Å². The van der Waals surface area contributed by atoms with Gasteiger partial charge in [-0.1, -0.05) is 28.1 Å². The third-order valence-corrected chi connectivity index (χ3v) is 7.48. The van der Waals surface area contributed by atoms with E-state index in [0.29, 0.717) is 57.0 Å². The Balaban J connectivity index is 1.84. The number of aliphatic imine (C=N–C) groups is 1. The van der Waals surface area contributed by atoms with Crippen LogP contribution in [0, 0.1) is 18.7 Å². The molecule has 34 heavy (non-hydrogen) atoms. The molecule has 7 nitrogen and oxygen atoms in total. The summed E-state index contributed by atoms with van der Waals surface area (Å²) in [4.78, 5) is 34.4. The molecule has 2 atom stereocenters. The maximum absolute atomic E-state index is 13.8. The molecule has 0 saturated heterocycles. The van der Waals surface area contributed by atoms with Crippen molar-refractivity contribution in [1.29, 1.82) is 0 Å². The first-order chi connectivity index (χ1) is 16.3. The minimum Gasteiger partial charge on any atom is -0.466 e. The van der Waals surface area contributed by atoms with Crippen molar-refractivity contribution in [1.82, 2.24) is 10.3 Å². The van der Waals surface area contributed by atoms with E-state index in [4.69, 9.17) is 14.5 Å². The van der Waals surface area contributed by atoms with Gasteiger partial charge in [-0.05, 0) is 43.9 Å². The molecule has 4 rings (SSSR count). The Morgan fingerprint density at radius 3 is 2.59 bits per heavy atom.